The lowest BCUT2D eigenvalue weighted by atomic mass is 9.99. The second kappa shape index (κ2) is 5.60. The number of aryl methyl sites for hydroxylation is 1. The number of nitrogens with two attached hydrogens (primary N) is 2. The van der Waals surface area contributed by atoms with Gasteiger partial charge in [-0.2, -0.15) is 0 Å². The van der Waals surface area contributed by atoms with Crippen molar-refractivity contribution in [3.8, 4) is 0 Å². The van der Waals surface area contributed by atoms with Crippen LogP contribution in [-0.2, 0) is 12.8 Å². The minimum absolute atomic E-state index is 0.108. The number of rotatable bonds is 4. The fraction of sp³-hybridized carbons (Fsp3) is 0.286. The van der Waals surface area contributed by atoms with Crippen LogP contribution in [0.4, 0.5) is 5.82 Å². The van der Waals surface area contributed by atoms with Gasteiger partial charge in [0.05, 0.1) is 11.7 Å². The van der Waals surface area contributed by atoms with Crippen LogP contribution >= 0.6 is 0 Å². The molecule has 0 aliphatic carbocycles. The lowest BCUT2D eigenvalue weighted by Gasteiger charge is -2.14. The summed E-state index contributed by atoms with van der Waals surface area (Å²) in [5.74, 6) is 0.524. The van der Waals surface area contributed by atoms with Gasteiger partial charge in [0.15, 0.2) is 0 Å². The van der Waals surface area contributed by atoms with Crippen molar-refractivity contribution in [2.45, 2.75) is 25.8 Å². The van der Waals surface area contributed by atoms with Crippen molar-refractivity contribution in [1.29, 1.82) is 0 Å². The Labute approximate surface area is 107 Å². The quantitative estimate of drug-likeness (QED) is 0.858. The molecule has 0 aromatic carbocycles. The monoisotopic (exact) mass is 242 g/mol. The maximum atomic E-state index is 6.23. The van der Waals surface area contributed by atoms with E-state index >= 15 is 0 Å². The number of pyridine rings is 2. The summed E-state index contributed by atoms with van der Waals surface area (Å²) in [5, 5.41) is 0. The molecule has 0 aliphatic heterocycles. The summed E-state index contributed by atoms with van der Waals surface area (Å²) in [5.41, 5.74) is 15.1. The summed E-state index contributed by atoms with van der Waals surface area (Å²) >= 11 is 0. The van der Waals surface area contributed by atoms with Crippen molar-refractivity contribution in [3.05, 3.63) is 53.5 Å². The number of hydrogen-bond donors (Lipinski definition) is 2. The Morgan fingerprint density at radius 1 is 1.22 bits per heavy atom. The van der Waals surface area contributed by atoms with Crippen LogP contribution in [0.2, 0.25) is 0 Å². The van der Waals surface area contributed by atoms with Crippen LogP contribution in [0.1, 0.15) is 29.8 Å². The number of hydrogen-bond acceptors (Lipinski definition) is 4. The van der Waals surface area contributed by atoms with Gasteiger partial charge in [-0.3, -0.25) is 4.98 Å². The SMILES string of the molecule is CCc1cccnc1C(N)Cc1ccnc(N)c1. The first-order chi connectivity index (χ1) is 8.70. The summed E-state index contributed by atoms with van der Waals surface area (Å²) in [7, 11) is 0. The standard InChI is InChI=1S/C14H18N4/c1-2-11-4-3-6-18-14(11)12(15)8-10-5-7-17-13(16)9-10/h3-7,9,12H,2,8,15H2,1H3,(H2,16,17). The molecule has 0 spiro atoms. The average Bonchev–Trinajstić information content (AvgIpc) is 2.38. The van der Waals surface area contributed by atoms with Crippen LogP contribution in [0.5, 0.6) is 0 Å². The van der Waals surface area contributed by atoms with E-state index in [0.717, 1.165) is 24.1 Å². The highest BCUT2D eigenvalue weighted by atomic mass is 14.8. The third-order valence-corrected chi connectivity index (χ3v) is 2.96. The van der Waals surface area contributed by atoms with Crippen molar-refractivity contribution in [1.82, 2.24) is 9.97 Å². The van der Waals surface area contributed by atoms with Crippen LogP contribution in [0.15, 0.2) is 36.7 Å². The zero-order valence-electron chi connectivity index (χ0n) is 10.5. The molecule has 0 aliphatic rings. The van der Waals surface area contributed by atoms with E-state index in [2.05, 4.69) is 23.0 Å². The van der Waals surface area contributed by atoms with Gasteiger partial charge < -0.3 is 11.5 Å². The molecule has 94 valence electrons. The summed E-state index contributed by atoms with van der Waals surface area (Å²) < 4.78 is 0. The van der Waals surface area contributed by atoms with E-state index in [0.29, 0.717) is 5.82 Å². The largest absolute Gasteiger partial charge is 0.384 e. The molecular weight excluding hydrogens is 224 g/mol. The fourth-order valence-corrected chi connectivity index (χ4v) is 2.06. The predicted octanol–water partition coefficient (Wildman–Crippen LogP) is 1.86. The Hall–Kier alpha value is -1.94. The van der Waals surface area contributed by atoms with E-state index < -0.39 is 0 Å². The molecule has 0 bridgehead atoms. The van der Waals surface area contributed by atoms with E-state index in [1.807, 2.05) is 18.2 Å². The molecule has 2 heterocycles. The van der Waals surface area contributed by atoms with E-state index in [1.54, 1.807) is 12.4 Å². The molecule has 1 unspecified atom stereocenters. The summed E-state index contributed by atoms with van der Waals surface area (Å²) in [4.78, 5) is 8.37. The minimum atomic E-state index is -0.108. The van der Waals surface area contributed by atoms with Gasteiger partial charge in [0.2, 0.25) is 0 Å². The number of nitrogens with zero attached hydrogens (tertiary/aromatic N) is 2. The topological polar surface area (TPSA) is 77.8 Å². The van der Waals surface area contributed by atoms with E-state index in [-0.39, 0.29) is 6.04 Å². The van der Waals surface area contributed by atoms with Crippen molar-refractivity contribution in [3.63, 3.8) is 0 Å². The molecule has 0 fully saturated rings. The molecule has 0 radical (unpaired) electrons. The Morgan fingerprint density at radius 3 is 2.78 bits per heavy atom. The Kier molecular flexibility index (Phi) is 3.89. The van der Waals surface area contributed by atoms with Gasteiger partial charge in [0.1, 0.15) is 5.82 Å². The van der Waals surface area contributed by atoms with Crippen molar-refractivity contribution >= 4 is 5.82 Å². The molecule has 18 heavy (non-hydrogen) atoms. The normalized spacial score (nSPS) is 12.3. The van der Waals surface area contributed by atoms with Crippen molar-refractivity contribution < 1.29 is 0 Å². The van der Waals surface area contributed by atoms with Gasteiger partial charge in [-0.15, -0.1) is 0 Å². The molecule has 0 saturated heterocycles. The predicted molar refractivity (Wildman–Crippen MR) is 72.9 cm³/mol. The van der Waals surface area contributed by atoms with Crippen LogP contribution < -0.4 is 11.5 Å². The maximum absolute atomic E-state index is 6.23. The Morgan fingerprint density at radius 2 is 2.06 bits per heavy atom. The Balaban J connectivity index is 2.19. The zero-order chi connectivity index (χ0) is 13.0. The molecule has 0 amide bonds. The first kappa shape index (κ1) is 12.5. The van der Waals surface area contributed by atoms with Gasteiger partial charge in [-0.1, -0.05) is 13.0 Å². The molecule has 2 aromatic heterocycles. The average molecular weight is 242 g/mol. The van der Waals surface area contributed by atoms with Gasteiger partial charge in [-0.05, 0) is 42.2 Å². The van der Waals surface area contributed by atoms with Gasteiger partial charge >= 0.3 is 0 Å². The lowest BCUT2D eigenvalue weighted by Crippen LogP contribution is -2.17. The maximum Gasteiger partial charge on any atom is 0.123 e. The third kappa shape index (κ3) is 2.84. The molecule has 4 heteroatoms. The molecule has 2 rings (SSSR count). The molecule has 0 saturated carbocycles. The number of nitrogen functional groups attached to an aromatic ring is 1. The molecular formula is C14H18N4. The van der Waals surface area contributed by atoms with Crippen LogP contribution in [0.3, 0.4) is 0 Å². The van der Waals surface area contributed by atoms with Gasteiger partial charge in [0, 0.05) is 12.4 Å². The van der Waals surface area contributed by atoms with E-state index in [9.17, 15) is 0 Å². The summed E-state index contributed by atoms with van der Waals surface area (Å²) in [6.45, 7) is 2.11. The van der Waals surface area contributed by atoms with Crippen LogP contribution in [-0.4, -0.2) is 9.97 Å². The molecule has 2 aromatic rings. The fourth-order valence-electron chi connectivity index (χ4n) is 2.06. The van der Waals surface area contributed by atoms with E-state index in [1.165, 1.54) is 5.56 Å². The van der Waals surface area contributed by atoms with E-state index in [4.69, 9.17) is 11.5 Å². The zero-order valence-corrected chi connectivity index (χ0v) is 10.5. The first-order valence-corrected chi connectivity index (χ1v) is 6.10. The van der Waals surface area contributed by atoms with Crippen LogP contribution in [0.25, 0.3) is 0 Å². The second-order valence-electron chi connectivity index (χ2n) is 4.30. The van der Waals surface area contributed by atoms with Gasteiger partial charge in [-0.25, -0.2) is 4.98 Å². The van der Waals surface area contributed by atoms with Crippen molar-refractivity contribution in [2.24, 2.45) is 5.73 Å². The summed E-state index contributed by atoms with van der Waals surface area (Å²) in [6, 6.07) is 7.70. The number of anilines is 1. The minimum Gasteiger partial charge on any atom is -0.384 e. The van der Waals surface area contributed by atoms with Crippen LogP contribution in [0, 0.1) is 0 Å². The smallest absolute Gasteiger partial charge is 0.123 e. The first-order valence-electron chi connectivity index (χ1n) is 6.10. The highest BCUT2D eigenvalue weighted by Gasteiger charge is 2.12. The molecule has 4 N–H and O–H groups in total. The molecule has 1 atom stereocenters. The molecule has 4 nitrogen and oxygen atoms in total. The van der Waals surface area contributed by atoms with Gasteiger partial charge in [0.25, 0.3) is 0 Å². The highest BCUT2D eigenvalue weighted by Crippen LogP contribution is 2.18. The second-order valence-corrected chi connectivity index (χ2v) is 4.30. The third-order valence-electron chi connectivity index (χ3n) is 2.96. The lowest BCUT2D eigenvalue weighted by molar-refractivity contribution is 0.685. The Bertz CT molecular complexity index is 525. The summed E-state index contributed by atoms with van der Waals surface area (Å²) in [6.07, 6.45) is 5.15. The number of aromatic nitrogens is 2. The van der Waals surface area contributed by atoms with Crippen molar-refractivity contribution in [2.75, 3.05) is 5.73 Å². The highest BCUT2D eigenvalue weighted by molar-refractivity contribution is 5.33.